The number of rotatable bonds is 12. The van der Waals surface area contributed by atoms with E-state index in [2.05, 4.69) is 5.32 Å². The van der Waals surface area contributed by atoms with Crippen LogP contribution >= 0.6 is 34.8 Å². The van der Waals surface area contributed by atoms with E-state index in [9.17, 15) is 18.0 Å². The van der Waals surface area contributed by atoms with E-state index >= 15 is 0 Å². The number of nitrogens with one attached hydrogen (secondary N) is 1. The fourth-order valence-corrected chi connectivity index (χ4v) is 7.08. The molecule has 7 nitrogen and oxygen atoms in total. The summed E-state index contributed by atoms with van der Waals surface area (Å²) in [7, 11) is -4.27. The van der Waals surface area contributed by atoms with Gasteiger partial charge in [0, 0.05) is 34.1 Å². The summed E-state index contributed by atoms with van der Waals surface area (Å²) in [6.07, 6.45) is 0.178. The third-order valence-corrected chi connectivity index (χ3v) is 9.98. The molecule has 0 aromatic heterocycles. The molecule has 46 heavy (non-hydrogen) atoms. The van der Waals surface area contributed by atoms with Crippen molar-refractivity contribution in [1.29, 1.82) is 0 Å². The second-order valence-corrected chi connectivity index (χ2v) is 14.5. The van der Waals surface area contributed by atoms with Crippen molar-refractivity contribution in [3.63, 3.8) is 0 Å². The van der Waals surface area contributed by atoms with Gasteiger partial charge < -0.3 is 10.2 Å². The highest BCUT2D eigenvalue weighted by atomic mass is 35.5. The molecule has 0 heterocycles. The zero-order valence-electron chi connectivity index (χ0n) is 26.0. The summed E-state index contributed by atoms with van der Waals surface area (Å²) >= 11 is 19.1. The van der Waals surface area contributed by atoms with Gasteiger partial charge in [-0.05, 0) is 80.8 Å². The molecule has 4 aromatic rings. The van der Waals surface area contributed by atoms with Crippen molar-refractivity contribution in [2.45, 2.75) is 57.6 Å². The molecule has 0 aliphatic rings. The molecule has 242 valence electrons. The predicted molar refractivity (Wildman–Crippen MR) is 186 cm³/mol. The Hall–Kier alpha value is -3.56. The van der Waals surface area contributed by atoms with Crippen LogP contribution in [0.25, 0.3) is 0 Å². The van der Waals surface area contributed by atoms with E-state index in [1.54, 1.807) is 49.4 Å². The third kappa shape index (κ3) is 8.82. The number of benzene rings is 4. The summed E-state index contributed by atoms with van der Waals surface area (Å²) in [5.41, 5.74) is 3.09. The van der Waals surface area contributed by atoms with Crippen molar-refractivity contribution in [2.75, 3.05) is 10.8 Å². The van der Waals surface area contributed by atoms with Crippen LogP contribution in [0.4, 0.5) is 5.69 Å². The van der Waals surface area contributed by atoms with Crippen LogP contribution in [0.3, 0.4) is 0 Å². The molecule has 1 atom stereocenters. The van der Waals surface area contributed by atoms with Crippen LogP contribution in [0.1, 0.15) is 36.1 Å². The van der Waals surface area contributed by atoms with Crippen molar-refractivity contribution in [3.8, 4) is 0 Å². The molecule has 11 heteroatoms. The maximum Gasteiger partial charge on any atom is 0.264 e. The lowest BCUT2D eigenvalue weighted by molar-refractivity contribution is -0.140. The maximum atomic E-state index is 14.6. The van der Waals surface area contributed by atoms with Crippen molar-refractivity contribution in [3.05, 3.63) is 128 Å². The first-order chi connectivity index (χ1) is 21.8. The van der Waals surface area contributed by atoms with Crippen LogP contribution in [0, 0.1) is 13.8 Å². The van der Waals surface area contributed by atoms with Crippen LogP contribution in [0.2, 0.25) is 15.1 Å². The number of sulfonamides is 1. The number of carbonyl (C=O) groups is 2. The molecule has 2 amide bonds. The quantitative estimate of drug-likeness (QED) is 0.165. The zero-order valence-corrected chi connectivity index (χ0v) is 29.1. The molecule has 4 aromatic carbocycles. The lowest BCUT2D eigenvalue weighted by atomic mass is 10.0. The van der Waals surface area contributed by atoms with Crippen molar-refractivity contribution in [2.24, 2.45) is 0 Å². The molecule has 0 saturated carbocycles. The largest absolute Gasteiger partial charge is 0.352 e. The molecule has 1 unspecified atom stereocenters. The van der Waals surface area contributed by atoms with Gasteiger partial charge in [-0.15, -0.1) is 0 Å². The van der Waals surface area contributed by atoms with Crippen molar-refractivity contribution >= 4 is 62.3 Å². The molecule has 0 fully saturated rings. The number of hydrogen-bond donors (Lipinski definition) is 1. The average Bonchev–Trinajstić information content (AvgIpc) is 3.00. The van der Waals surface area contributed by atoms with Gasteiger partial charge in [-0.2, -0.15) is 0 Å². The molecule has 0 radical (unpaired) electrons. The Morgan fingerprint density at radius 2 is 1.46 bits per heavy atom. The average molecular weight is 701 g/mol. The highest BCUT2D eigenvalue weighted by Crippen LogP contribution is 2.31. The Morgan fingerprint density at radius 3 is 2.09 bits per heavy atom. The summed E-state index contributed by atoms with van der Waals surface area (Å²) in [6, 6.07) is 24.2. The number of nitrogens with zero attached hydrogens (tertiary/aromatic N) is 2. The molecule has 0 aliphatic heterocycles. The number of hydrogen-bond acceptors (Lipinski definition) is 4. The van der Waals surface area contributed by atoms with Gasteiger partial charge in [0.1, 0.15) is 12.6 Å². The number of anilines is 1. The minimum Gasteiger partial charge on any atom is -0.352 e. The first kappa shape index (κ1) is 35.3. The Morgan fingerprint density at radius 1 is 0.826 bits per heavy atom. The Kier molecular flexibility index (Phi) is 11.8. The van der Waals surface area contributed by atoms with Gasteiger partial charge >= 0.3 is 0 Å². The Bertz CT molecular complexity index is 1800. The van der Waals surface area contributed by atoms with E-state index in [4.69, 9.17) is 34.8 Å². The van der Waals surface area contributed by atoms with Crippen molar-refractivity contribution < 1.29 is 18.0 Å². The summed E-state index contributed by atoms with van der Waals surface area (Å²) in [5, 5.41) is 3.96. The minimum atomic E-state index is -4.27. The number of halogens is 3. The van der Waals surface area contributed by atoms with Gasteiger partial charge in [0.2, 0.25) is 11.8 Å². The smallest absolute Gasteiger partial charge is 0.264 e. The van der Waals surface area contributed by atoms with Gasteiger partial charge in [-0.25, -0.2) is 8.42 Å². The van der Waals surface area contributed by atoms with Gasteiger partial charge in [0.25, 0.3) is 10.0 Å². The standard InChI is InChI=1S/C35H36Cl3N3O4S/c1-23(2)39-35(43)33(18-26-8-6-5-7-9-26)40(21-27-13-15-28(36)19-31(27)38)34(42)22-41(32-20-29(37)14-12-25(32)4)46(44,45)30-16-10-24(3)11-17-30/h5-17,19-20,23,33H,18,21-22H2,1-4H3,(H,39,43). The normalized spacial score (nSPS) is 12.1. The summed E-state index contributed by atoms with van der Waals surface area (Å²) in [4.78, 5) is 29.8. The number of aryl methyl sites for hydroxylation is 2. The van der Waals surface area contributed by atoms with Gasteiger partial charge in [0.05, 0.1) is 10.6 Å². The highest BCUT2D eigenvalue weighted by molar-refractivity contribution is 7.92. The van der Waals surface area contributed by atoms with Crippen molar-refractivity contribution in [1.82, 2.24) is 10.2 Å². The van der Waals surface area contributed by atoms with Gasteiger partial charge in [0.15, 0.2) is 0 Å². The van der Waals surface area contributed by atoms with E-state index < -0.39 is 28.5 Å². The van der Waals surface area contributed by atoms with Crippen LogP contribution < -0.4 is 9.62 Å². The lowest BCUT2D eigenvalue weighted by Crippen LogP contribution is -2.54. The molecule has 4 rings (SSSR count). The van der Waals surface area contributed by atoms with Gasteiger partial charge in [-0.3, -0.25) is 13.9 Å². The van der Waals surface area contributed by atoms with Crippen LogP contribution in [0.5, 0.6) is 0 Å². The van der Waals surface area contributed by atoms with E-state index in [1.165, 1.54) is 23.1 Å². The van der Waals surface area contributed by atoms with Crippen LogP contribution in [0.15, 0.2) is 95.9 Å². The molecule has 0 spiro atoms. The van der Waals surface area contributed by atoms with Gasteiger partial charge in [-0.1, -0.05) is 95.0 Å². The summed E-state index contributed by atoms with van der Waals surface area (Å²) < 4.78 is 29.6. The fraction of sp³-hybridized carbons (Fsp3) is 0.257. The number of amides is 2. The summed E-state index contributed by atoms with van der Waals surface area (Å²) in [5.74, 6) is -0.995. The van der Waals surface area contributed by atoms with Crippen LogP contribution in [-0.4, -0.2) is 43.8 Å². The summed E-state index contributed by atoms with van der Waals surface area (Å²) in [6.45, 7) is 6.57. The Labute approximate surface area is 286 Å². The van der Waals surface area contributed by atoms with E-state index in [0.29, 0.717) is 26.2 Å². The molecule has 0 bridgehead atoms. The fourth-order valence-electron chi connectivity index (χ4n) is 4.97. The lowest BCUT2D eigenvalue weighted by Gasteiger charge is -2.34. The second-order valence-electron chi connectivity index (χ2n) is 11.4. The molecular weight excluding hydrogens is 665 g/mol. The number of carbonyl (C=O) groups excluding carboxylic acids is 2. The first-order valence-electron chi connectivity index (χ1n) is 14.7. The molecular formula is C35H36Cl3N3O4S. The van der Waals surface area contributed by atoms with E-state index in [1.807, 2.05) is 51.1 Å². The van der Waals surface area contributed by atoms with Crippen LogP contribution in [-0.2, 0) is 32.6 Å². The maximum absolute atomic E-state index is 14.6. The molecule has 0 aliphatic carbocycles. The predicted octanol–water partition coefficient (Wildman–Crippen LogP) is 7.62. The third-order valence-electron chi connectivity index (χ3n) is 7.39. The highest BCUT2D eigenvalue weighted by Gasteiger charge is 2.35. The topological polar surface area (TPSA) is 86.8 Å². The monoisotopic (exact) mass is 699 g/mol. The molecule has 1 N–H and O–H groups in total. The molecule has 0 saturated heterocycles. The van der Waals surface area contributed by atoms with E-state index in [0.717, 1.165) is 15.4 Å². The first-order valence-corrected chi connectivity index (χ1v) is 17.3. The SMILES string of the molecule is Cc1ccc(S(=O)(=O)N(CC(=O)N(Cc2ccc(Cl)cc2Cl)C(Cc2ccccc2)C(=O)NC(C)C)c2cc(Cl)ccc2C)cc1. The second kappa shape index (κ2) is 15.4. The minimum absolute atomic E-state index is 0.0101. The van der Waals surface area contributed by atoms with E-state index in [-0.39, 0.29) is 35.5 Å². The Balaban J connectivity index is 1.86. The zero-order chi connectivity index (χ0) is 33.6.